The Hall–Kier alpha value is -1.40. The number of hydrogen-bond donors (Lipinski definition) is 1. The van der Waals surface area contributed by atoms with E-state index in [1.807, 2.05) is 0 Å². The normalized spacial score (nSPS) is 13.0. The first-order valence-electron chi connectivity index (χ1n) is 6.20. The van der Waals surface area contributed by atoms with E-state index in [2.05, 4.69) is 39.1 Å². The second kappa shape index (κ2) is 5.54. The summed E-state index contributed by atoms with van der Waals surface area (Å²) < 4.78 is 2.58. The van der Waals surface area contributed by atoms with E-state index in [9.17, 15) is 10.1 Å². The predicted molar refractivity (Wildman–Crippen MR) is 84.6 cm³/mol. The third-order valence-corrected chi connectivity index (χ3v) is 4.96. The maximum atomic E-state index is 12.0. The third-order valence-electron chi connectivity index (χ3n) is 3.19. The van der Waals surface area contributed by atoms with E-state index < -0.39 is 0 Å². The van der Waals surface area contributed by atoms with Crippen molar-refractivity contribution in [3.05, 3.63) is 32.0 Å². The van der Waals surface area contributed by atoms with Gasteiger partial charge < -0.3 is 5.32 Å². The Labute approximate surface area is 133 Å². The number of carbonyl (C=O) groups excluding carboxylic acids is 1. The molecule has 5 nitrogen and oxygen atoms in total. The van der Waals surface area contributed by atoms with Crippen molar-refractivity contribution in [3.63, 3.8) is 0 Å². The fourth-order valence-electron chi connectivity index (χ4n) is 2.35. The van der Waals surface area contributed by atoms with Crippen molar-refractivity contribution in [2.24, 2.45) is 0 Å². The number of anilines is 1. The number of nitriles is 1. The summed E-state index contributed by atoms with van der Waals surface area (Å²) in [5.74, 6) is -0.152. The summed E-state index contributed by atoms with van der Waals surface area (Å²) in [4.78, 5) is 13.3. The molecule has 1 aliphatic carbocycles. The van der Waals surface area contributed by atoms with Crippen LogP contribution in [0, 0.1) is 14.9 Å². The number of thiophene rings is 1. The van der Waals surface area contributed by atoms with Gasteiger partial charge in [-0.15, -0.1) is 11.3 Å². The van der Waals surface area contributed by atoms with E-state index in [4.69, 9.17) is 0 Å². The zero-order valence-electron chi connectivity index (χ0n) is 10.5. The van der Waals surface area contributed by atoms with E-state index >= 15 is 0 Å². The molecule has 1 amide bonds. The van der Waals surface area contributed by atoms with Crippen molar-refractivity contribution in [2.75, 3.05) is 5.32 Å². The highest BCUT2D eigenvalue weighted by atomic mass is 127. The Balaban J connectivity index is 1.75. The van der Waals surface area contributed by atoms with Crippen LogP contribution in [-0.4, -0.2) is 15.7 Å². The van der Waals surface area contributed by atoms with Crippen LogP contribution in [-0.2, 0) is 24.2 Å². The number of hydrogen-bond acceptors (Lipinski definition) is 4. The predicted octanol–water partition coefficient (Wildman–Crippen LogP) is 2.55. The molecule has 0 aromatic carbocycles. The number of aromatic nitrogens is 2. The van der Waals surface area contributed by atoms with Gasteiger partial charge in [-0.3, -0.25) is 9.48 Å². The molecule has 1 N–H and O–H groups in total. The number of amides is 1. The standard InChI is InChI=1S/C13H11IN4OS/c14-8-5-16-18(6-8)7-12(19)17-13-10(4-15)9-2-1-3-11(9)20-13/h5-6H,1-3,7H2,(H,17,19). The summed E-state index contributed by atoms with van der Waals surface area (Å²) in [6.07, 6.45) is 6.58. The first-order chi connectivity index (χ1) is 9.67. The van der Waals surface area contributed by atoms with Crippen molar-refractivity contribution in [3.8, 4) is 6.07 Å². The van der Waals surface area contributed by atoms with E-state index in [-0.39, 0.29) is 12.5 Å². The average molecular weight is 398 g/mol. The lowest BCUT2D eigenvalue weighted by atomic mass is 10.1. The molecule has 7 heteroatoms. The number of nitrogens with zero attached hydrogens (tertiary/aromatic N) is 3. The maximum absolute atomic E-state index is 12.0. The van der Waals surface area contributed by atoms with Crippen LogP contribution in [0.3, 0.4) is 0 Å². The summed E-state index contributed by atoms with van der Waals surface area (Å²) in [6, 6.07) is 2.22. The summed E-state index contributed by atoms with van der Waals surface area (Å²) in [5.41, 5.74) is 1.77. The molecule has 3 rings (SSSR count). The summed E-state index contributed by atoms with van der Waals surface area (Å²) in [7, 11) is 0. The topological polar surface area (TPSA) is 70.7 Å². The molecule has 0 spiro atoms. The van der Waals surface area contributed by atoms with Gasteiger partial charge in [0.25, 0.3) is 0 Å². The van der Waals surface area contributed by atoms with Crippen molar-refractivity contribution < 1.29 is 4.79 Å². The van der Waals surface area contributed by atoms with Crippen molar-refractivity contribution >= 4 is 44.8 Å². The molecule has 0 saturated heterocycles. The van der Waals surface area contributed by atoms with Gasteiger partial charge in [0, 0.05) is 11.1 Å². The lowest BCUT2D eigenvalue weighted by Gasteiger charge is -2.04. The van der Waals surface area contributed by atoms with Crippen LogP contribution in [0.1, 0.15) is 22.4 Å². The minimum atomic E-state index is -0.152. The highest BCUT2D eigenvalue weighted by Gasteiger charge is 2.23. The molecule has 2 aromatic rings. The molecule has 1 aliphatic rings. The summed E-state index contributed by atoms with van der Waals surface area (Å²) in [5, 5.41) is 16.9. The lowest BCUT2D eigenvalue weighted by molar-refractivity contribution is -0.116. The molecule has 0 radical (unpaired) electrons. The monoisotopic (exact) mass is 398 g/mol. The fraction of sp³-hybridized carbons (Fsp3) is 0.308. The number of nitrogens with one attached hydrogen (secondary N) is 1. The molecule has 102 valence electrons. The average Bonchev–Trinajstić information content (AvgIpc) is 3.05. The van der Waals surface area contributed by atoms with Gasteiger partial charge in [0.15, 0.2) is 0 Å². The van der Waals surface area contributed by atoms with Gasteiger partial charge >= 0.3 is 0 Å². The Morgan fingerprint density at radius 3 is 3.15 bits per heavy atom. The Bertz CT molecular complexity index is 713. The highest BCUT2D eigenvalue weighted by Crippen LogP contribution is 2.38. The molecular formula is C13H11IN4OS. The molecule has 2 heterocycles. The van der Waals surface area contributed by atoms with Crippen LogP contribution in [0.15, 0.2) is 12.4 Å². The summed E-state index contributed by atoms with van der Waals surface area (Å²) >= 11 is 3.68. The smallest absolute Gasteiger partial charge is 0.246 e. The molecule has 0 unspecified atom stereocenters. The van der Waals surface area contributed by atoms with Crippen LogP contribution < -0.4 is 5.32 Å². The van der Waals surface area contributed by atoms with Gasteiger partial charge in [-0.1, -0.05) is 0 Å². The van der Waals surface area contributed by atoms with Gasteiger partial charge in [0.1, 0.15) is 17.6 Å². The Morgan fingerprint density at radius 1 is 1.60 bits per heavy atom. The zero-order chi connectivity index (χ0) is 14.1. The SMILES string of the molecule is N#Cc1c(NC(=O)Cn2cc(I)cn2)sc2c1CCC2. The van der Waals surface area contributed by atoms with E-state index in [0.29, 0.717) is 10.6 Å². The van der Waals surface area contributed by atoms with Gasteiger partial charge in [0.05, 0.1) is 15.3 Å². The number of halogens is 1. The molecular weight excluding hydrogens is 387 g/mol. The van der Waals surface area contributed by atoms with Crippen molar-refractivity contribution in [1.82, 2.24) is 9.78 Å². The second-order valence-electron chi connectivity index (χ2n) is 4.58. The van der Waals surface area contributed by atoms with Crippen LogP contribution in [0.2, 0.25) is 0 Å². The molecule has 0 atom stereocenters. The van der Waals surface area contributed by atoms with E-state index in [0.717, 1.165) is 28.4 Å². The quantitative estimate of drug-likeness (QED) is 0.808. The fourth-order valence-corrected chi connectivity index (χ4v) is 4.05. The van der Waals surface area contributed by atoms with Crippen LogP contribution in [0.25, 0.3) is 0 Å². The molecule has 0 aliphatic heterocycles. The molecule has 0 bridgehead atoms. The van der Waals surface area contributed by atoms with Crippen LogP contribution in [0.4, 0.5) is 5.00 Å². The lowest BCUT2D eigenvalue weighted by Crippen LogP contribution is -2.19. The van der Waals surface area contributed by atoms with Crippen LogP contribution in [0.5, 0.6) is 0 Å². The first-order valence-corrected chi connectivity index (χ1v) is 8.09. The van der Waals surface area contributed by atoms with Gasteiger partial charge in [0.2, 0.25) is 5.91 Å². The zero-order valence-corrected chi connectivity index (χ0v) is 13.5. The van der Waals surface area contributed by atoms with Crippen LogP contribution >= 0.6 is 33.9 Å². The Morgan fingerprint density at radius 2 is 2.45 bits per heavy atom. The van der Waals surface area contributed by atoms with E-state index in [1.165, 1.54) is 16.2 Å². The van der Waals surface area contributed by atoms with Gasteiger partial charge in [-0.2, -0.15) is 10.4 Å². The van der Waals surface area contributed by atoms with Crippen molar-refractivity contribution in [1.29, 1.82) is 5.26 Å². The van der Waals surface area contributed by atoms with E-state index in [1.54, 1.807) is 17.1 Å². The second-order valence-corrected chi connectivity index (χ2v) is 6.93. The van der Waals surface area contributed by atoms with Gasteiger partial charge in [-0.25, -0.2) is 0 Å². The highest BCUT2D eigenvalue weighted by molar-refractivity contribution is 14.1. The number of aryl methyl sites for hydroxylation is 1. The molecule has 2 aromatic heterocycles. The molecule has 0 fully saturated rings. The number of fused-ring (bicyclic) bond motifs is 1. The largest absolute Gasteiger partial charge is 0.315 e. The number of carbonyl (C=O) groups is 1. The number of rotatable bonds is 3. The third kappa shape index (κ3) is 2.58. The first kappa shape index (κ1) is 13.6. The molecule has 0 saturated carbocycles. The maximum Gasteiger partial charge on any atom is 0.246 e. The molecule has 20 heavy (non-hydrogen) atoms. The minimum absolute atomic E-state index is 0.152. The Kier molecular flexibility index (Phi) is 3.76. The summed E-state index contributed by atoms with van der Waals surface area (Å²) in [6.45, 7) is 0.163. The van der Waals surface area contributed by atoms with Crippen molar-refractivity contribution in [2.45, 2.75) is 25.8 Å². The minimum Gasteiger partial charge on any atom is -0.315 e. The van der Waals surface area contributed by atoms with Gasteiger partial charge in [-0.05, 0) is 47.4 Å².